The summed E-state index contributed by atoms with van der Waals surface area (Å²) in [4.78, 5) is 35.6. The molecule has 162 valence electrons. The smallest absolute Gasteiger partial charge is 0.338 e. The molecular formula is C21H28N4O5. The Bertz CT molecular complexity index is 980. The summed E-state index contributed by atoms with van der Waals surface area (Å²) in [5.41, 5.74) is -0.310. The Morgan fingerprint density at radius 2 is 1.70 bits per heavy atom. The number of non-ortho nitro benzene ring substituents is 1. The summed E-state index contributed by atoms with van der Waals surface area (Å²) in [6.07, 6.45) is 0. The molecule has 1 heterocycles. The molecule has 2 rings (SSSR count). The van der Waals surface area contributed by atoms with E-state index in [4.69, 9.17) is 4.74 Å². The minimum atomic E-state index is -0.731. The van der Waals surface area contributed by atoms with Crippen molar-refractivity contribution in [2.45, 2.75) is 59.4 Å². The van der Waals surface area contributed by atoms with Gasteiger partial charge >= 0.3 is 5.97 Å². The van der Waals surface area contributed by atoms with Crippen molar-refractivity contribution in [3.63, 3.8) is 0 Å². The molecule has 0 saturated heterocycles. The Balaban J connectivity index is 2.48. The molecule has 0 fully saturated rings. The third kappa shape index (κ3) is 5.22. The van der Waals surface area contributed by atoms with Crippen LogP contribution in [-0.4, -0.2) is 33.2 Å². The molecule has 0 saturated carbocycles. The van der Waals surface area contributed by atoms with Crippen LogP contribution in [0.4, 0.5) is 11.5 Å². The maximum Gasteiger partial charge on any atom is 0.338 e. The molecule has 1 N–H and O–H groups in total. The van der Waals surface area contributed by atoms with Gasteiger partial charge in [-0.3, -0.25) is 14.9 Å². The first-order chi connectivity index (χ1) is 13.7. The summed E-state index contributed by atoms with van der Waals surface area (Å²) < 4.78 is 6.62. The first-order valence-electron chi connectivity index (χ1n) is 9.63. The highest BCUT2D eigenvalue weighted by Gasteiger charge is 2.26. The van der Waals surface area contributed by atoms with Gasteiger partial charge in [-0.05, 0) is 33.8 Å². The van der Waals surface area contributed by atoms with Crippen molar-refractivity contribution >= 4 is 23.4 Å². The van der Waals surface area contributed by atoms with Crippen LogP contribution in [0.1, 0.15) is 74.9 Å². The van der Waals surface area contributed by atoms with Crippen LogP contribution in [0.2, 0.25) is 0 Å². The Hall–Kier alpha value is -3.23. The van der Waals surface area contributed by atoms with Gasteiger partial charge in [-0.25, -0.2) is 9.48 Å². The van der Waals surface area contributed by atoms with Gasteiger partial charge in [0.1, 0.15) is 5.82 Å². The van der Waals surface area contributed by atoms with E-state index >= 15 is 0 Å². The van der Waals surface area contributed by atoms with Gasteiger partial charge in [-0.2, -0.15) is 5.10 Å². The molecule has 1 aromatic heterocycles. The molecule has 9 nitrogen and oxygen atoms in total. The van der Waals surface area contributed by atoms with Gasteiger partial charge in [0.2, 0.25) is 0 Å². The zero-order valence-corrected chi connectivity index (χ0v) is 18.4. The van der Waals surface area contributed by atoms with E-state index in [9.17, 15) is 19.7 Å². The lowest BCUT2D eigenvalue weighted by molar-refractivity contribution is -0.384. The van der Waals surface area contributed by atoms with E-state index in [-0.39, 0.29) is 28.8 Å². The highest BCUT2D eigenvalue weighted by molar-refractivity contribution is 6.06. The largest absolute Gasteiger partial charge is 0.462 e. The van der Waals surface area contributed by atoms with Gasteiger partial charge in [0.15, 0.2) is 0 Å². The number of anilines is 1. The van der Waals surface area contributed by atoms with Crippen molar-refractivity contribution in [1.29, 1.82) is 0 Å². The molecule has 2 aromatic rings. The number of hydrogen-bond acceptors (Lipinski definition) is 6. The SMILES string of the molecule is CCOC(=O)c1cc(C(=O)Nc2cc(C(C)(C)C)nn2C(C)(C)C)cc([N+](=O)[O-])c1. The molecule has 9 heteroatoms. The van der Waals surface area contributed by atoms with E-state index in [1.807, 2.05) is 41.5 Å². The molecule has 0 aliphatic heterocycles. The van der Waals surface area contributed by atoms with Crippen LogP contribution in [0, 0.1) is 10.1 Å². The Morgan fingerprint density at radius 3 is 2.20 bits per heavy atom. The quantitative estimate of drug-likeness (QED) is 0.442. The average molecular weight is 416 g/mol. The van der Waals surface area contributed by atoms with E-state index in [0.717, 1.165) is 17.8 Å². The fourth-order valence-electron chi connectivity index (χ4n) is 2.72. The summed E-state index contributed by atoms with van der Waals surface area (Å²) >= 11 is 0. The number of hydrogen-bond donors (Lipinski definition) is 1. The van der Waals surface area contributed by atoms with Crippen molar-refractivity contribution in [3.8, 4) is 0 Å². The first kappa shape index (κ1) is 23.1. The standard InChI is InChI=1S/C21H28N4O5/c1-8-30-19(27)14-9-13(10-15(11-14)25(28)29)18(26)22-17-12-16(20(2,3)4)23-24(17)21(5,6)7/h9-12H,8H2,1-7H3,(H,22,26). The molecule has 1 amide bonds. The van der Waals surface area contributed by atoms with E-state index in [2.05, 4.69) is 10.4 Å². The van der Waals surface area contributed by atoms with Crippen molar-refractivity contribution in [2.75, 3.05) is 11.9 Å². The molecule has 1 aromatic carbocycles. The second-order valence-electron chi connectivity index (χ2n) is 8.95. The number of amides is 1. The van der Waals surface area contributed by atoms with E-state index < -0.39 is 22.3 Å². The van der Waals surface area contributed by atoms with Crippen LogP contribution in [0.15, 0.2) is 24.3 Å². The maximum absolute atomic E-state index is 12.9. The molecule has 0 spiro atoms. The zero-order chi connectivity index (χ0) is 22.9. The third-order valence-corrected chi connectivity index (χ3v) is 4.26. The number of nitro groups is 1. The number of nitrogens with zero attached hydrogens (tertiary/aromatic N) is 3. The van der Waals surface area contributed by atoms with Crippen molar-refractivity contribution in [2.24, 2.45) is 0 Å². The zero-order valence-electron chi connectivity index (χ0n) is 18.4. The minimum absolute atomic E-state index is 0.0220. The van der Waals surface area contributed by atoms with Crippen LogP contribution in [0.3, 0.4) is 0 Å². The highest BCUT2D eigenvalue weighted by atomic mass is 16.6. The molecule has 0 aliphatic carbocycles. The lowest BCUT2D eigenvalue weighted by atomic mass is 9.92. The number of carbonyl (C=O) groups excluding carboxylic acids is 2. The fraction of sp³-hybridized carbons (Fsp3) is 0.476. The molecule has 0 radical (unpaired) electrons. The Labute approximate surface area is 175 Å². The van der Waals surface area contributed by atoms with E-state index in [0.29, 0.717) is 5.82 Å². The number of esters is 1. The second-order valence-corrected chi connectivity index (χ2v) is 8.95. The number of carbonyl (C=O) groups is 2. The molecule has 0 aliphatic rings. The average Bonchev–Trinajstić information content (AvgIpc) is 3.06. The van der Waals surface area contributed by atoms with Crippen LogP contribution in [-0.2, 0) is 15.7 Å². The van der Waals surface area contributed by atoms with Crippen LogP contribution < -0.4 is 5.32 Å². The Kier molecular flexibility index (Phi) is 6.34. The molecule has 0 unspecified atom stereocenters. The van der Waals surface area contributed by atoms with Crippen LogP contribution >= 0.6 is 0 Å². The third-order valence-electron chi connectivity index (χ3n) is 4.26. The number of rotatable bonds is 5. The second kappa shape index (κ2) is 8.25. The monoisotopic (exact) mass is 416 g/mol. The number of benzene rings is 1. The first-order valence-corrected chi connectivity index (χ1v) is 9.63. The summed E-state index contributed by atoms with van der Waals surface area (Å²) in [6.45, 7) is 13.6. The number of aromatic nitrogens is 2. The summed E-state index contributed by atoms with van der Waals surface area (Å²) in [5.74, 6) is -0.860. The van der Waals surface area contributed by atoms with E-state index in [1.165, 1.54) is 6.07 Å². The van der Waals surface area contributed by atoms with Gasteiger partial charge in [-0.15, -0.1) is 0 Å². The predicted molar refractivity (Wildman–Crippen MR) is 113 cm³/mol. The molecule has 0 bridgehead atoms. The fourth-order valence-corrected chi connectivity index (χ4v) is 2.72. The van der Waals surface area contributed by atoms with Gasteiger partial charge in [0, 0.05) is 29.2 Å². The van der Waals surface area contributed by atoms with Gasteiger partial charge in [0.05, 0.1) is 28.3 Å². The molecule has 30 heavy (non-hydrogen) atoms. The topological polar surface area (TPSA) is 116 Å². The number of nitro benzene ring substituents is 1. The Morgan fingerprint density at radius 1 is 1.10 bits per heavy atom. The number of nitrogens with one attached hydrogen (secondary N) is 1. The van der Waals surface area contributed by atoms with Gasteiger partial charge in [0.25, 0.3) is 11.6 Å². The number of ether oxygens (including phenoxy) is 1. The molecular weight excluding hydrogens is 388 g/mol. The lowest BCUT2D eigenvalue weighted by Crippen LogP contribution is -2.27. The van der Waals surface area contributed by atoms with Crippen molar-refractivity contribution in [1.82, 2.24) is 9.78 Å². The van der Waals surface area contributed by atoms with Gasteiger partial charge in [-0.1, -0.05) is 20.8 Å². The summed E-state index contributed by atoms with van der Waals surface area (Å²) in [7, 11) is 0. The van der Waals surface area contributed by atoms with Crippen molar-refractivity contribution in [3.05, 3.63) is 51.2 Å². The maximum atomic E-state index is 12.9. The van der Waals surface area contributed by atoms with Crippen molar-refractivity contribution < 1.29 is 19.2 Å². The summed E-state index contributed by atoms with van der Waals surface area (Å²) in [5, 5.41) is 18.7. The predicted octanol–water partition coefficient (Wildman–Crippen LogP) is 4.27. The van der Waals surface area contributed by atoms with Crippen LogP contribution in [0.5, 0.6) is 0 Å². The van der Waals surface area contributed by atoms with E-state index in [1.54, 1.807) is 17.7 Å². The van der Waals surface area contributed by atoms with Crippen LogP contribution in [0.25, 0.3) is 0 Å². The summed E-state index contributed by atoms with van der Waals surface area (Å²) in [6, 6.07) is 5.28. The van der Waals surface area contributed by atoms with Gasteiger partial charge < -0.3 is 10.1 Å². The minimum Gasteiger partial charge on any atom is -0.462 e. The molecule has 0 atom stereocenters. The normalized spacial score (nSPS) is 11.8. The lowest BCUT2D eigenvalue weighted by Gasteiger charge is -2.23. The highest BCUT2D eigenvalue weighted by Crippen LogP contribution is 2.29.